The molecule has 5 heteroatoms. The second-order valence-electron chi connectivity index (χ2n) is 3.15. The Bertz CT molecular complexity index is 481. The lowest BCUT2D eigenvalue weighted by Gasteiger charge is -2.07. The molecule has 0 saturated heterocycles. The van der Waals surface area contributed by atoms with Crippen LogP contribution in [0.15, 0.2) is 24.5 Å². The van der Waals surface area contributed by atoms with Crippen LogP contribution in [-0.2, 0) is 5.88 Å². The summed E-state index contributed by atoms with van der Waals surface area (Å²) in [5, 5.41) is 4.05. The van der Waals surface area contributed by atoms with Gasteiger partial charge in [-0.15, -0.1) is 11.6 Å². The molecule has 1 aromatic carbocycles. The maximum absolute atomic E-state index is 12.9. The van der Waals surface area contributed by atoms with Crippen molar-refractivity contribution in [3.05, 3.63) is 41.7 Å². The average Bonchev–Trinajstić information content (AvgIpc) is 2.65. The number of hydrogen-bond donors (Lipinski definition) is 0. The standard InChI is InChI=1S/C10H9ClFN3/c1-7-4-8(12)2-3-9(7)15-10(5-11)13-6-14-15/h2-4,6H,5H2,1H3. The van der Waals surface area contributed by atoms with Crippen molar-refractivity contribution >= 4 is 11.6 Å². The first-order chi connectivity index (χ1) is 7.22. The Kier molecular flexibility index (Phi) is 2.68. The normalized spacial score (nSPS) is 10.6. The summed E-state index contributed by atoms with van der Waals surface area (Å²) < 4.78 is 14.5. The molecule has 15 heavy (non-hydrogen) atoms. The highest BCUT2D eigenvalue weighted by Gasteiger charge is 2.08. The Balaban J connectivity index is 2.54. The summed E-state index contributed by atoms with van der Waals surface area (Å²) in [6.07, 6.45) is 1.43. The summed E-state index contributed by atoms with van der Waals surface area (Å²) in [4.78, 5) is 4.00. The van der Waals surface area contributed by atoms with E-state index in [1.54, 1.807) is 10.7 Å². The molecular formula is C10H9ClFN3. The molecule has 0 amide bonds. The van der Waals surface area contributed by atoms with Gasteiger partial charge in [0, 0.05) is 0 Å². The molecule has 2 rings (SSSR count). The monoisotopic (exact) mass is 225 g/mol. The SMILES string of the molecule is Cc1cc(F)ccc1-n1ncnc1CCl. The molecule has 0 spiro atoms. The van der Waals surface area contributed by atoms with Crippen LogP contribution in [-0.4, -0.2) is 14.8 Å². The van der Waals surface area contributed by atoms with Gasteiger partial charge >= 0.3 is 0 Å². The van der Waals surface area contributed by atoms with Crippen molar-refractivity contribution in [3.8, 4) is 5.69 Å². The smallest absolute Gasteiger partial charge is 0.147 e. The number of nitrogens with zero attached hydrogens (tertiary/aromatic N) is 3. The van der Waals surface area contributed by atoms with Gasteiger partial charge in [0.05, 0.1) is 11.6 Å². The molecule has 0 bridgehead atoms. The number of benzene rings is 1. The Morgan fingerprint density at radius 2 is 2.27 bits per heavy atom. The van der Waals surface area contributed by atoms with Gasteiger partial charge in [0.1, 0.15) is 18.0 Å². The summed E-state index contributed by atoms with van der Waals surface area (Å²) in [5.74, 6) is 0.659. The van der Waals surface area contributed by atoms with Gasteiger partial charge in [0.15, 0.2) is 0 Å². The van der Waals surface area contributed by atoms with Crippen molar-refractivity contribution in [3.63, 3.8) is 0 Å². The largest absolute Gasteiger partial charge is 0.218 e. The molecule has 0 atom stereocenters. The van der Waals surface area contributed by atoms with E-state index in [2.05, 4.69) is 10.1 Å². The highest BCUT2D eigenvalue weighted by atomic mass is 35.5. The van der Waals surface area contributed by atoms with Gasteiger partial charge in [-0.1, -0.05) is 0 Å². The summed E-state index contributed by atoms with van der Waals surface area (Å²) in [6.45, 7) is 1.82. The number of halogens is 2. The summed E-state index contributed by atoms with van der Waals surface area (Å²) in [6, 6.07) is 4.51. The molecule has 0 aliphatic carbocycles. The van der Waals surface area contributed by atoms with E-state index in [-0.39, 0.29) is 11.7 Å². The minimum atomic E-state index is -0.260. The van der Waals surface area contributed by atoms with Crippen LogP contribution in [0.1, 0.15) is 11.4 Å². The maximum Gasteiger partial charge on any atom is 0.147 e. The molecular weight excluding hydrogens is 217 g/mol. The zero-order chi connectivity index (χ0) is 10.8. The maximum atomic E-state index is 12.9. The number of alkyl halides is 1. The van der Waals surface area contributed by atoms with E-state index in [9.17, 15) is 4.39 Å². The van der Waals surface area contributed by atoms with Crippen molar-refractivity contribution in [1.82, 2.24) is 14.8 Å². The van der Waals surface area contributed by atoms with Crippen molar-refractivity contribution in [1.29, 1.82) is 0 Å². The first-order valence-corrected chi connectivity index (χ1v) is 4.97. The van der Waals surface area contributed by atoms with Gasteiger partial charge in [0.2, 0.25) is 0 Å². The Morgan fingerprint density at radius 3 is 2.93 bits per heavy atom. The quantitative estimate of drug-likeness (QED) is 0.735. The van der Waals surface area contributed by atoms with Crippen LogP contribution < -0.4 is 0 Å². The zero-order valence-corrected chi connectivity index (χ0v) is 8.87. The number of hydrogen-bond acceptors (Lipinski definition) is 2. The molecule has 0 radical (unpaired) electrons. The molecule has 78 valence electrons. The molecule has 0 saturated carbocycles. The van der Waals surface area contributed by atoms with E-state index in [0.717, 1.165) is 11.3 Å². The van der Waals surface area contributed by atoms with Gasteiger partial charge in [0.25, 0.3) is 0 Å². The number of rotatable bonds is 2. The third-order valence-corrected chi connectivity index (χ3v) is 2.36. The van der Waals surface area contributed by atoms with Crippen molar-refractivity contribution in [2.24, 2.45) is 0 Å². The van der Waals surface area contributed by atoms with E-state index in [1.165, 1.54) is 18.5 Å². The topological polar surface area (TPSA) is 30.7 Å². The van der Waals surface area contributed by atoms with Gasteiger partial charge < -0.3 is 0 Å². The highest BCUT2D eigenvalue weighted by molar-refractivity contribution is 6.16. The Hall–Kier alpha value is -1.42. The lowest BCUT2D eigenvalue weighted by Crippen LogP contribution is -2.03. The minimum absolute atomic E-state index is 0.260. The van der Waals surface area contributed by atoms with Gasteiger partial charge in [-0.2, -0.15) is 5.10 Å². The van der Waals surface area contributed by atoms with Crippen LogP contribution in [0, 0.1) is 12.7 Å². The summed E-state index contributed by atoms with van der Waals surface area (Å²) >= 11 is 5.71. The molecule has 2 aromatic rings. The third kappa shape index (κ3) is 1.85. The molecule has 0 unspecified atom stereocenters. The predicted octanol–water partition coefficient (Wildman–Crippen LogP) is 2.45. The van der Waals surface area contributed by atoms with Gasteiger partial charge in [-0.3, -0.25) is 0 Å². The second-order valence-corrected chi connectivity index (χ2v) is 3.42. The first kappa shape index (κ1) is 10.1. The fourth-order valence-electron chi connectivity index (χ4n) is 1.41. The van der Waals surface area contributed by atoms with Crippen molar-refractivity contribution in [2.45, 2.75) is 12.8 Å². The molecule has 0 N–H and O–H groups in total. The van der Waals surface area contributed by atoms with E-state index in [1.807, 2.05) is 6.92 Å². The minimum Gasteiger partial charge on any atom is -0.218 e. The molecule has 0 aliphatic heterocycles. The van der Waals surface area contributed by atoms with Crippen LogP contribution in [0.25, 0.3) is 5.69 Å². The highest BCUT2D eigenvalue weighted by Crippen LogP contribution is 2.16. The van der Waals surface area contributed by atoms with E-state index in [4.69, 9.17) is 11.6 Å². The van der Waals surface area contributed by atoms with E-state index < -0.39 is 0 Å². The van der Waals surface area contributed by atoms with Crippen LogP contribution in [0.2, 0.25) is 0 Å². The number of aromatic nitrogens is 3. The lowest BCUT2D eigenvalue weighted by atomic mass is 10.2. The molecule has 1 heterocycles. The van der Waals surface area contributed by atoms with Crippen molar-refractivity contribution in [2.75, 3.05) is 0 Å². The molecule has 1 aromatic heterocycles. The van der Waals surface area contributed by atoms with E-state index in [0.29, 0.717) is 5.82 Å². The number of aryl methyl sites for hydroxylation is 1. The zero-order valence-electron chi connectivity index (χ0n) is 8.11. The molecule has 0 fully saturated rings. The second kappa shape index (κ2) is 3.98. The third-order valence-electron chi connectivity index (χ3n) is 2.12. The van der Waals surface area contributed by atoms with Crippen LogP contribution in [0.4, 0.5) is 4.39 Å². The van der Waals surface area contributed by atoms with Crippen LogP contribution in [0.3, 0.4) is 0 Å². The van der Waals surface area contributed by atoms with Crippen LogP contribution >= 0.6 is 11.6 Å². The Labute approximate surface area is 91.5 Å². The summed E-state index contributed by atoms with van der Waals surface area (Å²) in [5.41, 5.74) is 1.59. The van der Waals surface area contributed by atoms with E-state index >= 15 is 0 Å². The fraction of sp³-hybridized carbons (Fsp3) is 0.200. The average molecular weight is 226 g/mol. The van der Waals surface area contributed by atoms with Crippen LogP contribution in [0.5, 0.6) is 0 Å². The predicted molar refractivity (Wildman–Crippen MR) is 55.6 cm³/mol. The van der Waals surface area contributed by atoms with Gasteiger partial charge in [-0.25, -0.2) is 14.1 Å². The van der Waals surface area contributed by atoms with Crippen molar-refractivity contribution < 1.29 is 4.39 Å². The molecule has 3 nitrogen and oxygen atoms in total. The molecule has 0 aliphatic rings. The lowest BCUT2D eigenvalue weighted by molar-refractivity contribution is 0.625. The fourth-order valence-corrected chi connectivity index (χ4v) is 1.60. The summed E-state index contributed by atoms with van der Waals surface area (Å²) in [7, 11) is 0. The Morgan fingerprint density at radius 1 is 1.47 bits per heavy atom. The van der Waals surface area contributed by atoms with Gasteiger partial charge in [-0.05, 0) is 30.7 Å². The first-order valence-electron chi connectivity index (χ1n) is 4.44.